The van der Waals surface area contributed by atoms with Crippen molar-refractivity contribution >= 4 is 21.6 Å². The largest absolute Gasteiger partial charge is 0.398 e. The van der Waals surface area contributed by atoms with Crippen LogP contribution in [-0.2, 0) is 9.84 Å². The summed E-state index contributed by atoms with van der Waals surface area (Å²) in [5.74, 6) is 0. The first-order chi connectivity index (χ1) is 8.59. The van der Waals surface area contributed by atoms with Crippen molar-refractivity contribution in [2.75, 3.05) is 25.4 Å². The van der Waals surface area contributed by atoms with Crippen molar-refractivity contribution in [2.45, 2.75) is 17.7 Å². The van der Waals surface area contributed by atoms with Gasteiger partial charge in [-0.3, -0.25) is 4.90 Å². The lowest BCUT2D eigenvalue weighted by Gasteiger charge is -2.14. The topological polar surface area (TPSA) is 63.4 Å². The molecule has 2 heterocycles. The lowest BCUT2D eigenvalue weighted by Crippen LogP contribution is -2.23. The number of nitrogens with two attached hydrogens (primary N) is 1. The van der Waals surface area contributed by atoms with Crippen molar-refractivity contribution in [1.82, 2.24) is 4.90 Å². The minimum absolute atomic E-state index is 0.358. The third-order valence-electron chi connectivity index (χ3n) is 3.62. The number of nitrogen functional groups attached to an aromatic ring is 1. The van der Waals surface area contributed by atoms with Crippen LogP contribution in [-0.4, -0.2) is 33.0 Å². The van der Waals surface area contributed by atoms with Gasteiger partial charge >= 0.3 is 0 Å². The molecule has 0 unspecified atom stereocenters. The summed E-state index contributed by atoms with van der Waals surface area (Å²) in [6.45, 7) is 2.48. The van der Waals surface area contributed by atoms with Gasteiger partial charge in [0.25, 0.3) is 0 Å². The van der Waals surface area contributed by atoms with Crippen LogP contribution in [0.1, 0.15) is 18.4 Å². The molecule has 96 valence electrons. The lowest BCUT2D eigenvalue weighted by molar-refractivity contribution is 0.374. The zero-order valence-corrected chi connectivity index (χ0v) is 10.9. The molecule has 0 spiro atoms. The summed E-state index contributed by atoms with van der Waals surface area (Å²) in [4.78, 5) is 3.03. The molecule has 0 aliphatic carbocycles. The van der Waals surface area contributed by atoms with E-state index in [1.54, 1.807) is 24.3 Å². The third-order valence-corrected chi connectivity index (χ3v) is 5.49. The number of fused-ring (bicyclic) bond motifs is 1. The lowest BCUT2D eigenvalue weighted by atomic mass is 10.1. The Morgan fingerprint density at radius 2 is 1.94 bits per heavy atom. The van der Waals surface area contributed by atoms with E-state index in [0.717, 1.165) is 25.9 Å². The maximum absolute atomic E-state index is 12.4. The maximum atomic E-state index is 12.4. The molecule has 1 saturated heterocycles. The van der Waals surface area contributed by atoms with Crippen molar-refractivity contribution < 1.29 is 8.42 Å². The number of likely N-dealkylation sites (tertiary alicyclic amines) is 1. The Balaban J connectivity index is 1.98. The number of nitrogens with zero attached hydrogens (tertiary/aromatic N) is 1. The number of benzene rings is 1. The van der Waals surface area contributed by atoms with Crippen LogP contribution < -0.4 is 5.73 Å². The van der Waals surface area contributed by atoms with E-state index in [4.69, 9.17) is 5.73 Å². The standard InChI is InChI=1S/C13H16N2O2S/c14-12-4-3-5-13-11(12)8-10(18(13,16)17)9-15-6-1-2-7-15/h3-5,8H,1-2,6-7,9,14H2. The molecule has 4 nitrogen and oxygen atoms in total. The first-order valence-electron chi connectivity index (χ1n) is 6.15. The van der Waals surface area contributed by atoms with E-state index in [1.807, 2.05) is 0 Å². The van der Waals surface area contributed by atoms with Gasteiger partial charge in [0.05, 0.1) is 9.80 Å². The highest BCUT2D eigenvalue weighted by atomic mass is 32.2. The average molecular weight is 264 g/mol. The van der Waals surface area contributed by atoms with Crippen LogP contribution in [0.3, 0.4) is 0 Å². The van der Waals surface area contributed by atoms with Gasteiger partial charge in [0, 0.05) is 17.8 Å². The zero-order valence-electron chi connectivity index (χ0n) is 10.1. The monoisotopic (exact) mass is 264 g/mol. The minimum Gasteiger partial charge on any atom is -0.398 e. The fourth-order valence-electron chi connectivity index (χ4n) is 2.62. The molecule has 0 bridgehead atoms. The molecule has 2 N–H and O–H groups in total. The summed E-state index contributed by atoms with van der Waals surface area (Å²) in [5.41, 5.74) is 7.03. The van der Waals surface area contributed by atoms with Crippen molar-refractivity contribution in [3.63, 3.8) is 0 Å². The molecule has 1 aromatic rings. The molecule has 1 fully saturated rings. The third kappa shape index (κ3) is 1.74. The van der Waals surface area contributed by atoms with E-state index >= 15 is 0 Å². The van der Waals surface area contributed by atoms with Gasteiger partial charge in [-0.1, -0.05) is 6.07 Å². The fourth-order valence-corrected chi connectivity index (χ4v) is 4.25. The maximum Gasteiger partial charge on any atom is 0.204 e. The second-order valence-corrected chi connectivity index (χ2v) is 6.83. The predicted octanol–water partition coefficient (Wildman–Crippen LogP) is 1.49. The van der Waals surface area contributed by atoms with Gasteiger partial charge in [-0.05, 0) is 44.1 Å². The molecular weight excluding hydrogens is 248 g/mol. The molecule has 0 amide bonds. The molecule has 2 aliphatic heterocycles. The molecule has 0 radical (unpaired) electrons. The summed E-state index contributed by atoms with van der Waals surface area (Å²) < 4.78 is 24.7. The highest BCUT2D eigenvalue weighted by Gasteiger charge is 2.31. The van der Waals surface area contributed by atoms with Crippen LogP contribution in [0.25, 0.3) is 6.08 Å². The first kappa shape index (κ1) is 11.7. The van der Waals surface area contributed by atoms with E-state index < -0.39 is 9.84 Å². The van der Waals surface area contributed by atoms with Crippen molar-refractivity contribution in [3.05, 3.63) is 28.7 Å². The van der Waals surface area contributed by atoms with Crippen LogP contribution >= 0.6 is 0 Å². The van der Waals surface area contributed by atoms with Gasteiger partial charge in [0.2, 0.25) is 9.84 Å². The Bertz CT molecular complexity index is 614. The first-order valence-corrected chi connectivity index (χ1v) is 7.64. The van der Waals surface area contributed by atoms with Gasteiger partial charge in [-0.25, -0.2) is 8.42 Å². The van der Waals surface area contributed by atoms with Crippen molar-refractivity contribution in [2.24, 2.45) is 0 Å². The Labute approximate surface area is 107 Å². The van der Waals surface area contributed by atoms with Crippen LogP contribution in [0.2, 0.25) is 0 Å². The van der Waals surface area contributed by atoms with E-state index in [0.29, 0.717) is 27.6 Å². The second-order valence-electron chi connectivity index (χ2n) is 4.86. The number of hydrogen-bond donors (Lipinski definition) is 1. The Morgan fingerprint density at radius 3 is 2.61 bits per heavy atom. The summed E-state index contributed by atoms with van der Waals surface area (Å²) >= 11 is 0. The molecule has 2 aliphatic rings. The molecule has 0 aromatic heterocycles. The highest BCUT2D eigenvalue weighted by molar-refractivity contribution is 7.95. The molecule has 18 heavy (non-hydrogen) atoms. The fraction of sp³-hybridized carbons (Fsp3) is 0.385. The van der Waals surface area contributed by atoms with E-state index in [9.17, 15) is 8.42 Å². The molecule has 3 rings (SSSR count). The quantitative estimate of drug-likeness (QED) is 0.822. The number of hydrogen-bond acceptors (Lipinski definition) is 4. The van der Waals surface area contributed by atoms with Gasteiger partial charge < -0.3 is 5.73 Å². The Kier molecular flexibility index (Phi) is 2.68. The number of sulfone groups is 1. The summed E-state index contributed by atoms with van der Waals surface area (Å²) in [5, 5.41) is 0. The van der Waals surface area contributed by atoms with Crippen LogP contribution in [0, 0.1) is 0 Å². The minimum atomic E-state index is -3.32. The van der Waals surface area contributed by atoms with Gasteiger partial charge in [-0.2, -0.15) is 0 Å². The van der Waals surface area contributed by atoms with Gasteiger partial charge in [0.15, 0.2) is 0 Å². The summed E-state index contributed by atoms with van der Waals surface area (Å²) in [7, 11) is -3.32. The van der Waals surface area contributed by atoms with Gasteiger partial charge in [-0.15, -0.1) is 0 Å². The molecule has 0 atom stereocenters. The smallest absolute Gasteiger partial charge is 0.204 e. The number of anilines is 1. The molecule has 1 aromatic carbocycles. The SMILES string of the molecule is Nc1cccc2c1C=C(CN1CCCC1)S2(=O)=O. The van der Waals surface area contributed by atoms with Crippen molar-refractivity contribution in [1.29, 1.82) is 0 Å². The highest BCUT2D eigenvalue weighted by Crippen LogP contribution is 2.36. The Morgan fingerprint density at radius 1 is 1.22 bits per heavy atom. The van der Waals surface area contributed by atoms with Crippen molar-refractivity contribution in [3.8, 4) is 0 Å². The molecule has 0 saturated carbocycles. The van der Waals surface area contributed by atoms with Gasteiger partial charge in [0.1, 0.15) is 0 Å². The van der Waals surface area contributed by atoms with Crippen LogP contribution in [0.5, 0.6) is 0 Å². The second kappa shape index (κ2) is 4.10. The zero-order chi connectivity index (χ0) is 12.8. The van der Waals surface area contributed by atoms with E-state index in [2.05, 4.69) is 4.90 Å². The predicted molar refractivity (Wildman–Crippen MR) is 71.7 cm³/mol. The van der Waals surface area contributed by atoms with E-state index in [1.165, 1.54) is 0 Å². The Hall–Kier alpha value is -1.33. The molecule has 5 heteroatoms. The molecular formula is C13H16N2O2S. The summed E-state index contributed by atoms with van der Waals surface area (Å²) in [6, 6.07) is 5.07. The van der Waals surface area contributed by atoms with Crippen LogP contribution in [0.4, 0.5) is 5.69 Å². The van der Waals surface area contributed by atoms with E-state index in [-0.39, 0.29) is 0 Å². The average Bonchev–Trinajstić information content (AvgIpc) is 2.90. The summed E-state index contributed by atoms with van der Waals surface area (Å²) in [6.07, 6.45) is 4.04. The number of rotatable bonds is 2. The van der Waals surface area contributed by atoms with Crippen LogP contribution in [0.15, 0.2) is 28.0 Å². The normalized spacial score (nSPS) is 21.9.